The van der Waals surface area contributed by atoms with Gasteiger partial charge in [0.15, 0.2) is 6.10 Å². The van der Waals surface area contributed by atoms with Gasteiger partial charge >= 0.3 is 0 Å². The second-order valence-corrected chi connectivity index (χ2v) is 4.13. The van der Waals surface area contributed by atoms with Gasteiger partial charge in [0.2, 0.25) is 0 Å². The molecule has 92 valence electrons. The first kappa shape index (κ1) is 12.3. The number of rotatable bonds is 0. The summed E-state index contributed by atoms with van der Waals surface area (Å²) in [6.45, 7) is 2.08. The van der Waals surface area contributed by atoms with Crippen LogP contribution in [0.2, 0.25) is 0 Å². The van der Waals surface area contributed by atoms with Crippen LogP contribution in [0.5, 0.6) is 0 Å². The van der Waals surface area contributed by atoms with Crippen molar-refractivity contribution in [3.63, 3.8) is 0 Å². The van der Waals surface area contributed by atoms with Crippen LogP contribution in [0.4, 0.5) is 5.69 Å². The highest BCUT2D eigenvalue weighted by Crippen LogP contribution is 2.29. The highest BCUT2D eigenvalue weighted by molar-refractivity contribution is 6.01. The zero-order chi connectivity index (χ0) is 13.0. The van der Waals surface area contributed by atoms with E-state index in [1.165, 1.54) is 5.56 Å². The molecular formula is C15H15NO2. The minimum absolute atomic E-state index is 0.341. The van der Waals surface area contributed by atoms with Gasteiger partial charge in [-0.2, -0.15) is 0 Å². The maximum Gasteiger partial charge on any atom is 0.257 e. The molecule has 1 aliphatic rings. The van der Waals surface area contributed by atoms with Gasteiger partial charge < -0.3 is 10.4 Å². The molecule has 3 nitrogen and oxygen atoms in total. The molecule has 0 saturated heterocycles. The molecule has 0 radical (unpaired) electrons. The number of nitrogens with one attached hydrogen (secondary N) is 1. The minimum Gasteiger partial charge on any atom is -0.378 e. The fourth-order valence-corrected chi connectivity index (χ4v) is 1.73. The van der Waals surface area contributed by atoms with Gasteiger partial charge in [-0.15, -0.1) is 0 Å². The van der Waals surface area contributed by atoms with Crippen molar-refractivity contribution in [3.8, 4) is 0 Å². The maximum absolute atomic E-state index is 10.9. The van der Waals surface area contributed by atoms with Gasteiger partial charge in [-0.1, -0.05) is 54.1 Å². The molecule has 2 aromatic carbocycles. The number of aliphatic hydroxyl groups is 1. The first-order chi connectivity index (χ1) is 8.68. The molecule has 0 aromatic heterocycles. The predicted molar refractivity (Wildman–Crippen MR) is 71.2 cm³/mol. The number of benzene rings is 2. The fourth-order valence-electron chi connectivity index (χ4n) is 1.73. The molecule has 0 bridgehead atoms. The van der Waals surface area contributed by atoms with Crippen LogP contribution in [-0.2, 0) is 4.79 Å². The van der Waals surface area contributed by atoms with Crippen molar-refractivity contribution in [2.24, 2.45) is 0 Å². The van der Waals surface area contributed by atoms with Crippen molar-refractivity contribution in [2.75, 3.05) is 5.32 Å². The van der Waals surface area contributed by atoms with Crippen LogP contribution in [0.3, 0.4) is 0 Å². The summed E-state index contributed by atoms with van der Waals surface area (Å²) in [5.74, 6) is -0.341. The molecular weight excluding hydrogens is 226 g/mol. The second kappa shape index (κ2) is 5.47. The standard InChI is InChI=1S/C8H7NO2.C7H8/c10-7-5-3-1-2-4-6(5)9-8(7)11;1-7-5-3-2-4-6-7/h1-4,7,10H,(H,9,11);2-6H,1H3. The van der Waals surface area contributed by atoms with E-state index in [1.54, 1.807) is 18.2 Å². The monoisotopic (exact) mass is 241 g/mol. The van der Waals surface area contributed by atoms with Crippen LogP contribution in [0.15, 0.2) is 54.6 Å². The van der Waals surface area contributed by atoms with E-state index in [1.807, 2.05) is 24.3 Å². The smallest absolute Gasteiger partial charge is 0.257 e. The van der Waals surface area contributed by atoms with Crippen molar-refractivity contribution >= 4 is 11.6 Å². The molecule has 0 aliphatic carbocycles. The SMILES string of the molecule is Cc1ccccc1.O=C1Nc2ccccc2C1O. The highest BCUT2D eigenvalue weighted by Gasteiger charge is 2.27. The third kappa shape index (κ3) is 2.76. The van der Waals surface area contributed by atoms with Crippen LogP contribution in [0.25, 0.3) is 0 Å². The van der Waals surface area contributed by atoms with Crippen LogP contribution >= 0.6 is 0 Å². The summed E-state index contributed by atoms with van der Waals surface area (Å²) in [4.78, 5) is 10.9. The summed E-state index contributed by atoms with van der Waals surface area (Å²) in [6, 6.07) is 17.4. The average Bonchev–Trinajstić information content (AvgIpc) is 2.68. The van der Waals surface area contributed by atoms with Gasteiger partial charge in [-0.3, -0.25) is 4.79 Å². The molecule has 0 fully saturated rings. The van der Waals surface area contributed by atoms with Crippen molar-refractivity contribution < 1.29 is 9.90 Å². The quantitative estimate of drug-likeness (QED) is 0.745. The molecule has 1 aliphatic heterocycles. The number of hydrogen-bond acceptors (Lipinski definition) is 2. The molecule has 0 saturated carbocycles. The molecule has 2 N–H and O–H groups in total. The van der Waals surface area contributed by atoms with E-state index in [0.29, 0.717) is 11.3 Å². The summed E-state index contributed by atoms with van der Waals surface area (Å²) >= 11 is 0. The lowest BCUT2D eigenvalue weighted by Gasteiger charge is -1.96. The number of aliphatic hydroxyl groups excluding tert-OH is 1. The Balaban J connectivity index is 0.000000149. The molecule has 3 rings (SSSR count). The Labute approximate surface area is 106 Å². The Kier molecular flexibility index (Phi) is 3.75. The van der Waals surface area contributed by atoms with Crippen LogP contribution in [-0.4, -0.2) is 11.0 Å². The van der Waals surface area contributed by atoms with Crippen molar-refractivity contribution in [1.29, 1.82) is 0 Å². The molecule has 3 heteroatoms. The first-order valence-corrected chi connectivity index (χ1v) is 5.78. The lowest BCUT2D eigenvalue weighted by molar-refractivity contribution is -0.123. The first-order valence-electron chi connectivity index (χ1n) is 5.78. The Morgan fingerprint density at radius 1 is 1.00 bits per heavy atom. The normalized spacial score (nSPS) is 16.3. The van der Waals surface area contributed by atoms with Crippen molar-refractivity contribution in [1.82, 2.24) is 0 Å². The minimum atomic E-state index is -0.980. The molecule has 18 heavy (non-hydrogen) atoms. The van der Waals surface area contributed by atoms with Gasteiger partial charge in [0.25, 0.3) is 5.91 Å². The lowest BCUT2D eigenvalue weighted by atomic mass is 10.1. The lowest BCUT2D eigenvalue weighted by Crippen LogP contribution is -2.10. The summed E-state index contributed by atoms with van der Waals surface area (Å²) in [6.07, 6.45) is -0.980. The summed E-state index contributed by atoms with van der Waals surface area (Å²) < 4.78 is 0. The number of para-hydroxylation sites is 1. The Hall–Kier alpha value is -2.13. The van der Waals surface area contributed by atoms with Crippen molar-refractivity contribution in [3.05, 3.63) is 65.7 Å². The van der Waals surface area contributed by atoms with Crippen molar-refractivity contribution in [2.45, 2.75) is 13.0 Å². The van der Waals surface area contributed by atoms with E-state index in [4.69, 9.17) is 0 Å². The second-order valence-electron chi connectivity index (χ2n) is 4.13. The highest BCUT2D eigenvalue weighted by atomic mass is 16.3. The van der Waals surface area contributed by atoms with E-state index in [0.717, 1.165) is 0 Å². The summed E-state index contributed by atoms with van der Waals surface area (Å²) in [5, 5.41) is 11.8. The Morgan fingerprint density at radius 3 is 2.17 bits per heavy atom. The van der Waals surface area contributed by atoms with Gasteiger partial charge in [-0.25, -0.2) is 0 Å². The van der Waals surface area contributed by atoms with Gasteiger partial charge in [0.05, 0.1) is 0 Å². The number of carbonyl (C=O) groups is 1. The molecule has 1 heterocycles. The number of anilines is 1. The van der Waals surface area contributed by atoms with Gasteiger partial charge in [0, 0.05) is 11.3 Å². The molecule has 1 amide bonds. The van der Waals surface area contributed by atoms with Crippen LogP contribution in [0.1, 0.15) is 17.2 Å². The Morgan fingerprint density at radius 2 is 1.61 bits per heavy atom. The number of aryl methyl sites for hydroxylation is 1. The molecule has 1 unspecified atom stereocenters. The number of amides is 1. The predicted octanol–water partition coefficient (Wildman–Crippen LogP) is 2.67. The topological polar surface area (TPSA) is 49.3 Å². The summed E-state index contributed by atoms with van der Waals surface area (Å²) in [5.41, 5.74) is 2.70. The average molecular weight is 241 g/mol. The van der Waals surface area contributed by atoms with E-state index < -0.39 is 6.10 Å². The number of fused-ring (bicyclic) bond motifs is 1. The zero-order valence-corrected chi connectivity index (χ0v) is 10.1. The fraction of sp³-hybridized carbons (Fsp3) is 0.133. The molecule has 1 atom stereocenters. The third-order valence-electron chi connectivity index (χ3n) is 2.70. The van der Waals surface area contributed by atoms with Gasteiger partial charge in [0.1, 0.15) is 0 Å². The van der Waals surface area contributed by atoms with E-state index in [-0.39, 0.29) is 5.91 Å². The van der Waals surface area contributed by atoms with E-state index in [2.05, 4.69) is 24.4 Å². The van der Waals surface area contributed by atoms with Crippen LogP contribution < -0.4 is 5.32 Å². The third-order valence-corrected chi connectivity index (χ3v) is 2.70. The van der Waals surface area contributed by atoms with Gasteiger partial charge in [-0.05, 0) is 13.0 Å². The molecule has 0 spiro atoms. The zero-order valence-electron chi connectivity index (χ0n) is 10.1. The largest absolute Gasteiger partial charge is 0.378 e. The maximum atomic E-state index is 10.9. The Bertz CT molecular complexity index is 537. The van der Waals surface area contributed by atoms with Crippen LogP contribution in [0, 0.1) is 6.92 Å². The summed E-state index contributed by atoms with van der Waals surface area (Å²) in [7, 11) is 0. The number of hydrogen-bond donors (Lipinski definition) is 2. The van der Waals surface area contributed by atoms with E-state index in [9.17, 15) is 9.90 Å². The number of carbonyl (C=O) groups excluding carboxylic acids is 1. The molecule has 2 aromatic rings. The van der Waals surface area contributed by atoms with E-state index >= 15 is 0 Å².